The predicted octanol–water partition coefficient (Wildman–Crippen LogP) is 4.62. The van der Waals surface area contributed by atoms with Crippen LogP contribution in [-0.4, -0.2) is 31.7 Å². The van der Waals surface area contributed by atoms with Gasteiger partial charge in [0, 0.05) is 12.0 Å². The molecule has 0 aliphatic rings. The largest absolute Gasteiger partial charge is 0.321 e. The highest BCUT2D eigenvalue weighted by molar-refractivity contribution is 6.04. The van der Waals surface area contributed by atoms with Gasteiger partial charge in [-0.3, -0.25) is 14.6 Å². The van der Waals surface area contributed by atoms with E-state index in [-0.39, 0.29) is 23.0 Å². The fourth-order valence-electron chi connectivity index (χ4n) is 3.27. The molecule has 3 aromatic rings. The number of nitrogens with zero attached hydrogens (tertiary/aromatic N) is 5. The summed E-state index contributed by atoms with van der Waals surface area (Å²) >= 11 is 0. The maximum absolute atomic E-state index is 13.0. The van der Waals surface area contributed by atoms with Crippen LogP contribution in [0.4, 0.5) is 5.69 Å². The second kappa shape index (κ2) is 9.33. The highest BCUT2D eigenvalue weighted by atomic mass is 16.1. The molecule has 8 heteroatoms. The van der Waals surface area contributed by atoms with Crippen LogP contribution in [0.1, 0.15) is 78.7 Å². The minimum absolute atomic E-state index is 0.0710. The lowest BCUT2D eigenvalue weighted by atomic mass is 9.85. The predicted molar refractivity (Wildman–Crippen MR) is 125 cm³/mol. The molecule has 0 saturated heterocycles. The molecule has 0 radical (unpaired) electrons. The molecule has 0 aliphatic carbocycles. The molecular weight excluding hydrogens is 416 g/mol. The van der Waals surface area contributed by atoms with Gasteiger partial charge in [0.25, 0.3) is 5.91 Å². The maximum atomic E-state index is 13.0. The van der Waals surface area contributed by atoms with Gasteiger partial charge in [0.15, 0.2) is 5.78 Å². The van der Waals surface area contributed by atoms with Gasteiger partial charge in [0.05, 0.1) is 41.1 Å². The number of hydrogen-bond acceptors (Lipinski definition) is 6. The molecule has 8 nitrogen and oxygen atoms in total. The average Bonchev–Trinajstić information content (AvgIpc) is 3.24. The van der Waals surface area contributed by atoms with E-state index in [1.165, 1.54) is 4.68 Å². The zero-order valence-corrected chi connectivity index (χ0v) is 19.8. The number of pyridine rings is 1. The van der Waals surface area contributed by atoms with Crippen molar-refractivity contribution in [1.82, 2.24) is 20.0 Å². The summed E-state index contributed by atoms with van der Waals surface area (Å²) in [5.41, 5.74) is 3.53. The van der Waals surface area contributed by atoms with Crippen molar-refractivity contribution < 1.29 is 9.59 Å². The monoisotopic (exact) mass is 444 g/mol. The van der Waals surface area contributed by atoms with E-state index < -0.39 is 0 Å². The number of Topliss-reactive ketones (excluding diaryl/α,β-unsaturated/α-hetero) is 1. The van der Waals surface area contributed by atoms with Crippen molar-refractivity contribution in [2.45, 2.75) is 53.4 Å². The van der Waals surface area contributed by atoms with Gasteiger partial charge in [-0.05, 0) is 48.1 Å². The number of benzene rings is 1. The van der Waals surface area contributed by atoms with Crippen molar-refractivity contribution in [3.63, 3.8) is 0 Å². The van der Waals surface area contributed by atoms with Crippen LogP contribution in [0.2, 0.25) is 0 Å². The molecule has 1 aromatic carbocycles. The lowest BCUT2D eigenvalue weighted by Gasteiger charge is -2.20. The zero-order chi connectivity index (χ0) is 24.3. The minimum atomic E-state index is -0.347. The molecule has 0 fully saturated rings. The number of aryl methyl sites for hydroxylation is 1. The van der Waals surface area contributed by atoms with E-state index in [0.717, 1.165) is 5.56 Å². The van der Waals surface area contributed by atoms with E-state index in [0.29, 0.717) is 40.3 Å². The highest BCUT2D eigenvalue weighted by Crippen LogP contribution is 2.25. The van der Waals surface area contributed by atoms with Crippen molar-refractivity contribution >= 4 is 17.4 Å². The fourth-order valence-corrected chi connectivity index (χ4v) is 3.27. The second-order valence-corrected chi connectivity index (χ2v) is 9.51. The lowest BCUT2D eigenvalue weighted by Crippen LogP contribution is -2.17. The smallest absolute Gasteiger partial charge is 0.255 e. The second-order valence-electron chi connectivity index (χ2n) is 9.51. The number of nitrogens with one attached hydrogen (secondary N) is 1. The number of carbonyl (C=O) groups is 2. The molecule has 2 aromatic heterocycles. The van der Waals surface area contributed by atoms with Crippen LogP contribution in [-0.2, 0) is 5.41 Å². The molecule has 0 spiro atoms. The molecule has 3 rings (SSSR count). The lowest BCUT2D eigenvalue weighted by molar-refractivity contribution is 0.0962. The maximum Gasteiger partial charge on any atom is 0.255 e. The van der Waals surface area contributed by atoms with E-state index in [4.69, 9.17) is 0 Å². The molecule has 0 saturated carbocycles. The average molecular weight is 445 g/mol. The van der Waals surface area contributed by atoms with Crippen molar-refractivity contribution in [3.8, 4) is 11.8 Å². The SMILES string of the molecule is Cc1ncc(NC(=O)c2cc(C#N)cc(C(C)(C)C)c2)cc1-n1cc(C(=O)CC(C)C)nn1. The van der Waals surface area contributed by atoms with Crippen LogP contribution >= 0.6 is 0 Å². The van der Waals surface area contributed by atoms with Gasteiger partial charge in [-0.1, -0.05) is 39.8 Å². The van der Waals surface area contributed by atoms with Gasteiger partial charge < -0.3 is 5.32 Å². The fraction of sp³-hybridized carbons (Fsp3) is 0.360. The van der Waals surface area contributed by atoms with Crippen molar-refractivity contribution in [2.24, 2.45) is 5.92 Å². The van der Waals surface area contributed by atoms with Crippen LogP contribution in [0.3, 0.4) is 0 Å². The van der Waals surface area contributed by atoms with E-state index >= 15 is 0 Å². The summed E-state index contributed by atoms with van der Waals surface area (Å²) in [4.78, 5) is 29.6. The summed E-state index contributed by atoms with van der Waals surface area (Å²) in [5.74, 6) is -0.193. The number of amides is 1. The molecule has 1 N–H and O–H groups in total. The Morgan fingerprint density at radius 2 is 1.91 bits per heavy atom. The first-order valence-electron chi connectivity index (χ1n) is 10.8. The van der Waals surface area contributed by atoms with Gasteiger partial charge in [-0.15, -0.1) is 5.10 Å². The Balaban J connectivity index is 1.88. The van der Waals surface area contributed by atoms with E-state index in [9.17, 15) is 14.9 Å². The van der Waals surface area contributed by atoms with Crippen molar-refractivity contribution in [2.75, 3.05) is 5.32 Å². The number of aromatic nitrogens is 4. The first-order chi connectivity index (χ1) is 15.5. The van der Waals surface area contributed by atoms with E-state index in [2.05, 4.69) is 26.7 Å². The number of anilines is 1. The Hall–Kier alpha value is -3.86. The van der Waals surface area contributed by atoms with Crippen LogP contribution in [0.15, 0.2) is 36.7 Å². The number of rotatable bonds is 6. The Bertz CT molecular complexity index is 1240. The Kier molecular flexibility index (Phi) is 6.73. The molecule has 0 bridgehead atoms. The third-order valence-corrected chi connectivity index (χ3v) is 5.13. The van der Waals surface area contributed by atoms with Crippen LogP contribution in [0, 0.1) is 24.2 Å². The molecule has 2 heterocycles. The molecular formula is C25H28N6O2. The number of hydrogen-bond donors (Lipinski definition) is 1. The molecule has 1 amide bonds. The van der Waals surface area contributed by atoms with Crippen molar-refractivity contribution in [1.29, 1.82) is 5.26 Å². The first-order valence-corrected chi connectivity index (χ1v) is 10.8. The molecule has 170 valence electrons. The van der Waals surface area contributed by atoms with Gasteiger partial charge in [0.2, 0.25) is 0 Å². The first kappa shape index (κ1) is 23.8. The summed E-state index contributed by atoms with van der Waals surface area (Å²) in [6, 6.07) is 9.01. The third-order valence-electron chi connectivity index (χ3n) is 5.13. The van der Waals surface area contributed by atoms with Crippen molar-refractivity contribution in [3.05, 3.63) is 64.7 Å². The van der Waals surface area contributed by atoms with E-state index in [1.54, 1.807) is 36.7 Å². The van der Waals surface area contributed by atoms with Crippen LogP contribution < -0.4 is 5.32 Å². The van der Waals surface area contributed by atoms with Gasteiger partial charge in [0.1, 0.15) is 5.69 Å². The summed E-state index contributed by atoms with van der Waals surface area (Å²) in [5, 5.41) is 20.3. The Labute approximate surface area is 193 Å². The van der Waals surface area contributed by atoms with Crippen LogP contribution in [0.5, 0.6) is 0 Å². The topological polar surface area (TPSA) is 114 Å². The summed E-state index contributed by atoms with van der Waals surface area (Å²) < 4.78 is 1.49. The normalized spacial score (nSPS) is 11.3. The summed E-state index contributed by atoms with van der Waals surface area (Å²) in [6.45, 7) is 11.8. The molecule has 0 unspecified atom stereocenters. The Morgan fingerprint density at radius 3 is 2.55 bits per heavy atom. The number of carbonyl (C=O) groups excluding carboxylic acids is 2. The summed E-state index contributed by atoms with van der Waals surface area (Å²) in [7, 11) is 0. The number of nitriles is 1. The van der Waals surface area contributed by atoms with Gasteiger partial charge in [-0.2, -0.15) is 5.26 Å². The molecule has 33 heavy (non-hydrogen) atoms. The van der Waals surface area contributed by atoms with Crippen LogP contribution in [0.25, 0.3) is 5.69 Å². The van der Waals surface area contributed by atoms with Gasteiger partial charge in [-0.25, -0.2) is 4.68 Å². The Morgan fingerprint density at radius 1 is 1.18 bits per heavy atom. The standard InChI is InChI=1S/C25H28N6O2/c1-15(2)7-23(32)21-14-31(30-29-21)22-11-20(13-27-16(22)3)28-24(33)18-8-17(12-26)9-19(10-18)25(4,5)6/h8-11,13-15H,7H2,1-6H3,(H,28,33). The summed E-state index contributed by atoms with van der Waals surface area (Å²) in [6.07, 6.45) is 3.52. The third kappa shape index (κ3) is 5.69. The molecule has 0 aliphatic heterocycles. The van der Waals surface area contributed by atoms with E-state index in [1.807, 2.05) is 41.5 Å². The minimum Gasteiger partial charge on any atom is -0.321 e. The number of ketones is 1. The van der Waals surface area contributed by atoms with Gasteiger partial charge >= 0.3 is 0 Å². The molecule has 0 atom stereocenters. The zero-order valence-electron chi connectivity index (χ0n) is 19.8. The quantitative estimate of drug-likeness (QED) is 0.555. The highest BCUT2D eigenvalue weighted by Gasteiger charge is 2.19.